The van der Waals surface area contributed by atoms with E-state index in [2.05, 4.69) is 17.2 Å². The Bertz CT molecular complexity index is 1040. The summed E-state index contributed by atoms with van der Waals surface area (Å²) in [5.41, 5.74) is 1.64. The second-order valence-electron chi connectivity index (χ2n) is 6.42. The number of urea groups is 1. The van der Waals surface area contributed by atoms with E-state index in [4.69, 9.17) is 16.3 Å². The highest BCUT2D eigenvalue weighted by molar-refractivity contribution is 6.30. The molecule has 3 rings (SSSR count). The second-order valence-corrected chi connectivity index (χ2v) is 6.86. The summed E-state index contributed by atoms with van der Waals surface area (Å²) in [4.78, 5) is 36.6. The number of nitrogens with zero attached hydrogens (tertiary/aromatic N) is 1. The minimum absolute atomic E-state index is 0.0537. The van der Waals surface area contributed by atoms with Crippen molar-refractivity contribution < 1.29 is 23.5 Å². The third kappa shape index (κ3) is 5.07. The summed E-state index contributed by atoms with van der Waals surface area (Å²) < 4.78 is 18.7. The molecule has 2 N–H and O–H groups in total. The molecule has 9 heteroatoms. The molecule has 4 amide bonds. The summed E-state index contributed by atoms with van der Waals surface area (Å²) in [6, 6.07) is 7.44. The SMILES string of the molecule is COc1ccc2c(c1)C(=O)N(C[C@@H](C#Cc1cc(F)cc(Cl)c1)NC(=O)NC=O)C2. The van der Waals surface area contributed by atoms with E-state index in [-0.39, 0.29) is 23.9 Å². The third-order valence-corrected chi connectivity index (χ3v) is 4.57. The lowest BCUT2D eigenvalue weighted by Gasteiger charge is -2.21. The Labute approximate surface area is 177 Å². The molecule has 0 fully saturated rings. The third-order valence-electron chi connectivity index (χ3n) is 4.35. The van der Waals surface area contributed by atoms with Gasteiger partial charge in [0.25, 0.3) is 5.91 Å². The first-order chi connectivity index (χ1) is 14.4. The molecule has 0 aliphatic carbocycles. The van der Waals surface area contributed by atoms with Crippen molar-refractivity contribution >= 4 is 29.9 Å². The van der Waals surface area contributed by atoms with E-state index in [1.807, 2.05) is 5.32 Å². The van der Waals surface area contributed by atoms with E-state index in [0.29, 0.717) is 23.4 Å². The van der Waals surface area contributed by atoms with Gasteiger partial charge >= 0.3 is 6.03 Å². The first kappa shape index (κ1) is 21.1. The van der Waals surface area contributed by atoms with Crippen molar-refractivity contribution in [1.29, 1.82) is 0 Å². The quantitative estimate of drug-likeness (QED) is 0.564. The largest absolute Gasteiger partial charge is 0.497 e. The van der Waals surface area contributed by atoms with Crippen LogP contribution in [0.25, 0.3) is 0 Å². The topological polar surface area (TPSA) is 87.7 Å². The molecule has 1 heterocycles. The van der Waals surface area contributed by atoms with Crippen molar-refractivity contribution in [3.63, 3.8) is 0 Å². The van der Waals surface area contributed by atoms with Gasteiger partial charge in [-0.1, -0.05) is 29.5 Å². The van der Waals surface area contributed by atoms with Crippen LogP contribution in [0, 0.1) is 17.7 Å². The average Bonchev–Trinajstić information content (AvgIpc) is 3.00. The van der Waals surface area contributed by atoms with E-state index in [9.17, 15) is 18.8 Å². The summed E-state index contributed by atoms with van der Waals surface area (Å²) in [6.07, 6.45) is 0.231. The predicted molar refractivity (Wildman–Crippen MR) is 108 cm³/mol. The monoisotopic (exact) mass is 429 g/mol. The Balaban J connectivity index is 1.81. The van der Waals surface area contributed by atoms with Gasteiger partial charge in [0.2, 0.25) is 6.41 Å². The van der Waals surface area contributed by atoms with Crippen molar-refractivity contribution in [2.24, 2.45) is 0 Å². The van der Waals surface area contributed by atoms with Crippen LogP contribution >= 0.6 is 11.6 Å². The fraction of sp³-hybridized carbons (Fsp3) is 0.190. The number of amides is 4. The van der Waals surface area contributed by atoms with E-state index in [0.717, 1.165) is 11.6 Å². The molecule has 0 bridgehead atoms. The summed E-state index contributed by atoms with van der Waals surface area (Å²) >= 11 is 5.83. The van der Waals surface area contributed by atoms with Crippen molar-refractivity contribution in [3.05, 3.63) is 63.9 Å². The molecule has 0 saturated carbocycles. The van der Waals surface area contributed by atoms with Crippen LogP contribution in [-0.2, 0) is 11.3 Å². The first-order valence-electron chi connectivity index (χ1n) is 8.84. The molecule has 30 heavy (non-hydrogen) atoms. The van der Waals surface area contributed by atoms with Crippen LogP contribution in [0.15, 0.2) is 36.4 Å². The summed E-state index contributed by atoms with van der Waals surface area (Å²) in [5, 5.41) is 4.66. The number of hydrogen-bond donors (Lipinski definition) is 2. The van der Waals surface area contributed by atoms with Crippen molar-refractivity contribution in [3.8, 4) is 17.6 Å². The number of benzene rings is 2. The average molecular weight is 430 g/mol. The zero-order valence-electron chi connectivity index (χ0n) is 15.9. The molecule has 1 aliphatic rings. The molecule has 154 valence electrons. The molecule has 2 aromatic carbocycles. The molecular weight excluding hydrogens is 413 g/mol. The van der Waals surface area contributed by atoms with Crippen molar-refractivity contribution in [2.45, 2.75) is 12.6 Å². The Morgan fingerprint density at radius 3 is 2.87 bits per heavy atom. The van der Waals surface area contributed by atoms with E-state index >= 15 is 0 Å². The highest BCUT2D eigenvalue weighted by Gasteiger charge is 2.29. The van der Waals surface area contributed by atoms with Crippen LogP contribution in [0.4, 0.5) is 9.18 Å². The molecule has 0 spiro atoms. The summed E-state index contributed by atoms with van der Waals surface area (Å²) in [6.45, 7) is 0.386. The van der Waals surface area contributed by atoms with E-state index < -0.39 is 17.9 Å². The van der Waals surface area contributed by atoms with Crippen LogP contribution in [0.5, 0.6) is 5.75 Å². The van der Waals surface area contributed by atoms with Gasteiger partial charge in [0.1, 0.15) is 17.6 Å². The zero-order chi connectivity index (χ0) is 21.7. The van der Waals surface area contributed by atoms with Gasteiger partial charge in [0.15, 0.2) is 0 Å². The van der Waals surface area contributed by atoms with Gasteiger partial charge in [-0.25, -0.2) is 9.18 Å². The number of methoxy groups -OCH3 is 1. The summed E-state index contributed by atoms with van der Waals surface area (Å²) in [5.74, 6) is 5.31. The van der Waals surface area contributed by atoms with Crippen LogP contribution in [0.2, 0.25) is 5.02 Å². The number of ether oxygens (including phenoxy) is 1. The lowest BCUT2D eigenvalue weighted by molar-refractivity contribution is -0.108. The molecule has 1 atom stereocenters. The maximum Gasteiger partial charge on any atom is 0.322 e. The highest BCUT2D eigenvalue weighted by Crippen LogP contribution is 2.26. The van der Waals surface area contributed by atoms with Gasteiger partial charge in [0.05, 0.1) is 13.7 Å². The molecule has 1 aliphatic heterocycles. The maximum atomic E-state index is 13.5. The number of hydrogen-bond acceptors (Lipinski definition) is 4. The second kappa shape index (κ2) is 9.29. The highest BCUT2D eigenvalue weighted by atomic mass is 35.5. The van der Waals surface area contributed by atoms with Gasteiger partial charge in [-0.15, -0.1) is 0 Å². The predicted octanol–water partition coefficient (Wildman–Crippen LogP) is 2.32. The number of imide groups is 1. The van der Waals surface area contributed by atoms with Gasteiger partial charge in [0, 0.05) is 22.7 Å². The van der Waals surface area contributed by atoms with Crippen LogP contribution in [-0.4, -0.2) is 42.9 Å². The van der Waals surface area contributed by atoms with E-state index in [1.165, 1.54) is 24.1 Å². The number of fused-ring (bicyclic) bond motifs is 1. The standard InChI is InChI=1S/C21H17ClFN3O4/c1-30-18-5-3-14-10-26(20(28)19(14)9-18)11-17(25-21(29)24-12-27)4-2-13-6-15(22)8-16(23)7-13/h3,5-9,12,17H,10-11H2,1H3,(H2,24,25,27,29)/t17-/m1/s1. The number of nitrogens with one attached hydrogen (secondary N) is 2. The Morgan fingerprint density at radius 1 is 1.37 bits per heavy atom. The first-order valence-corrected chi connectivity index (χ1v) is 9.22. The van der Waals surface area contributed by atoms with Crippen LogP contribution in [0.3, 0.4) is 0 Å². The zero-order valence-corrected chi connectivity index (χ0v) is 16.6. The van der Waals surface area contributed by atoms with Gasteiger partial charge < -0.3 is 15.0 Å². The number of carbonyl (C=O) groups is 3. The summed E-state index contributed by atoms with van der Waals surface area (Å²) in [7, 11) is 1.51. The number of halogens is 2. The molecule has 0 aromatic heterocycles. The van der Waals surface area contributed by atoms with Crippen LogP contribution < -0.4 is 15.4 Å². The Hall–Kier alpha value is -3.57. The maximum absolute atomic E-state index is 13.5. The van der Waals surface area contributed by atoms with Gasteiger partial charge in [-0.05, 0) is 35.9 Å². The van der Waals surface area contributed by atoms with Gasteiger partial charge in [-0.3, -0.25) is 14.9 Å². The Kier molecular flexibility index (Phi) is 6.54. The molecule has 2 aromatic rings. The lowest BCUT2D eigenvalue weighted by Crippen LogP contribution is -2.46. The van der Waals surface area contributed by atoms with Crippen molar-refractivity contribution in [1.82, 2.24) is 15.5 Å². The molecule has 0 unspecified atom stereocenters. The molecule has 7 nitrogen and oxygen atoms in total. The smallest absolute Gasteiger partial charge is 0.322 e. The fourth-order valence-corrected chi connectivity index (χ4v) is 3.23. The fourth-order valence-electron chi connectivity index (χ4n) is 3.01. The number of rotatable bonds is 5. The molecule has 0 radical (unpaired) electrons. The van der Waals surface area contributed by atoms with Gasteiger partial charge in [-0.2, -0.15) is 0 Å². The molecular formula is C21H17ClFN3O4. The molecule has 0 saturated heterocycles. The number of carbonyl (C=O) groups excluding carboxylic acids is 3. The van der Waals surface area contributed by atoms with E-state index in [1.54, 1.807) is 18.2 Å². The van der Waals surface area contributed by atoms with Crippen LogP contribution in [0.1, 0.15) is 21.5 Å². The minimum Gasteiger partial charge on any atom is -0.497 e. The van der Waals surface area contributed by atoms with Crippen molar-refractivity contribution in [2.75, 3.05) is 13.7 Å². The minimum atomic E-state index is -0.827. The lowest BCUT2D eigenvalue weighted by atomic mass is 10.1. The normalized spacial score (nSPS) is 13.0. The Morgan fingerprint density at radius 2 is 2.17 bits per heavy atom.